The van der Waals surface area contributed by atoms with Crippen molar-refractivity contribution >= 4 is 41.6 Å². The zero-order chi connectivity index (χ0) is 28.4. The second-order valence-electron chi connectivity index (χ2n) is 9.03. The molecule has 0 saturated carbocycles. The number of ether oxygens (including phenoxy) is 4. The van der Waals surface area contributed by atoms with Crippen LogP contribution in [-0.4, -0.2) is 83.7 Å². The first kappa shape index (κ1) is 30.7. The molecule has 14 heteroatoms. The van der Waals surface area contributed by atoms with E-state index >= 15 is 0 Å². The fourth-order valence-electron chi connectivity index (χ4n) is 4.27. The average molecular weight is 543 g/mol. The van der Waals surface area contributed by atoms with Crippen molar-refractivity contribution in [3.8, 4) is 0 Å². The highest BCUT2D eigenvalue weighted by Gasteiger charge is 2.50. The lowest BCUT2D eigenvalue weighted by Gasteiger charge is -2.45. The Labute approximate surface area is 219 Å². The molecule has 0 spiro atoms. The molecule has 2 saturated heterocycles. The van der Waals surface area contributed by atoms with Gasteiger partial charge in [-0.05, 0) is 12.8 Å². The summed E-state index contributed by atoms with van der Waals surface area (Å²) in [7, 11) is 0. The van der Waals surface area contributed by atoms with Gasteiger partial charge in [-0.3, -0.25) is 28.8 Å². The molecule has 0 aromatic heterocycles. The SMILES string of the molecule is CC(=O)NC1C(CCCCCC(=O)ON2C(=O)CCC2=O)OC(COC(C)=O)C(OC(C)=O)C1OC(C)=O. The Kier molecular flexibility index (Phi) is 11.6. The molecule has 38 heavy (non-hydrogen) atoms. The van der Waals surface area contributed by atoms with Crippen LogP contribution in [0.3, 0.4) is 0 Å². The van der Waals surface area contributed by atoms with E-state index in [4.69, 9.17) is 23.8 Å². The van der Waals surface area contributed by atoms with E-state index in [0.717, 1.165) is 6.92 Å². The summed E-state index contributed by atoms with van der Waals surface area (Å²) >= 11 is 0. The first-order chi connectivity index (χ1) is 17.9. The quantitative estimate of drug-likeness (QED) is 0.154. The van der Waals surface area contributed by atoms with Gasteiger partial charge in [0.25, 0.3) is 11.8 Å². The lowest BCUT2D eigenvalue weighted by atomic mass is 9.89. The summed E-state index contributed by atoms with van der Waals surface area (Å²) in [5.41, 5.74) is 0. The van der Waals surface area contributed by atoms with Crippen LogP contribution in [-0.2, 0) is 57.3 Å². The molecule has 0 bridgehead atoms. The molecule has 2 heterocycles. The van der Waals surface area contributed by atoms with E-state index < -0.39 is 72.1 Å². The van der Waals surface area contributed by atoms with Gasteiger partial charge in [0.15, 0.2) is 12.2 Å². The van der Waals surface area contributed by atoms with Gasteiger partial charge in [-0.25, -0.2) is 4.79 Å². The molecule has 2 aliphatic heterocycles. The van der Waals surface area contributed by atoms with E-state index in [2.05, 4.69) is 5.32 Å². The van der Waals surface area contributed by atoms with E-state index in [1.807, 2.05) is 0 Å². The molecule has 3 amide bonds. The second-order valence-corrected chi connectivity index (χ2v) is 9.03. The number of amides is 3. The number of carbonyl (C=O) groups is 7. The number of carbonyl (C=O) groups excluding carboxylic acids is 7. The summed E-state index contributed by atoms with van der Waals surface area (Å²) < 4.78 is 22.0. The average Bonchev–Trinajstić information content (AvgIpc) is 3.12. The summed E-state index contributed by atoms with van der Waals surface area (Å²) in [6.45, 7) is 4.52. The third-order valence-corrected chi connectivity index (χ3v) is 5.79. The van der Waals surface area contributed by atoms with Crippen LogP contribution in [0.5, 0.6) is 0 Å². The molecule has 212 valence electrons. The molecular formula is C24H34N2O12. The highest BCUT2D eigenvalue weighted by Crippen LogP contribution is 2.30. The molecule has 14 nitrogen and oxygen atoms in total. The Balaban J connectivity index is 2.05. The van der Waals surface area contributed by atoms with Crippen LogP contribution in [0.1, 0.15) is 72.6 Å². The molecule has 2 aliphatic rings. The van der Waals surface area contributed by atoms with Crippen molar-refractivity contribution in [2.24, 2.45) is 0 Å². The Hall–Kier alpha value is -3.55. The summed E-state index contributed by atoms with van der Waals surface area (Å²) in [4.78, 5) is 87.0. The van der Waals surface area contributed by atoms with E-state index in [0.29, 0.717) is 30.7 Å². The van der Waals surface area contributed by atoms with Crippen LogP contribution in [0.4, 0.5) is 0 Å². The molecule has 0 aliphatic carbocycles. The molecule has 0 aromatic rings. The predicted octanol–water partition coefficient (Wildman–Crippen LogP) is 0.243. The van der Waals surface area contributed by atoms with Gasteiger partial charge in [-0.15, -0.1) is 5.06 Å². The molecule has 2 fully saturated rings. The number of esters is 3. The topological polar surface area (TPSA) is 181 Å². The van der Waals surface area contributed by atoms with Crippen LogP contribution in [0.2, 0.25) is 0 Å². The normalized spacial score (nSPS) is 24.9. The van der Waals surface area contributed by atoms with E-state index in [1.54, 1.807) is 0 Å². The zero-order valence-electron chi connectivity index (χ0n) is 21.9. The monoisotopic (exact) mass is 542 g/mol. The van der Waals surface area contributed by atoms with E-state index in [-0.39, 0.29) is 25.9 Å². The minimum Gasteiger partial charge on any atom is -0.463 e. The largest absolute Gasteiger partial charge is 0.463 e. The number of hydroxylamine groups is 2. The minimum absolute atomic E-state index is 0.00800. The first-order valence-electron chi connectivity index (χ1n) is 12.4. The number of unbranched alkanes of at least 4 members (excludes halogenated alkanes) is 2. The smallest absolute Gasteiger partial charge is 0.333 e. The van der Waals surface area contributed by atoms with Crippen LogP contribution in [0.15, 0.2) is 0 Å². The third kappa shape index (κ3) is 9.39. The predicted molar refractivity (Wildman–Crippen MR) is 124 cm³/mol. The fourth-order valence-corrected chi connectivity index (χ4v) is 4.27. The second kappa shape index (κ2) is 14.4. The lowest BCUT2D eigenvalue weighted by molar-refractivity contribution is -0.224. The Morgan fingerprint density at radius 2 is 1.45 bits per heavy atom. The maximum absolute atomic E-state index is 12.0. The highest BCUT2D eigenvalue weighted by molar-refractivity contribution is 6.01. The lowest BCUT2D eigenvalue weighted by Crippen LogP contribution is -2.66. The van der Waals surface area contributed by atoms with E-state index in [1.165, 1.54) is 20.8 Å². The standard InChI is InChI=1S/C24H34N2O12/c1-13(27)25-22-17(8-6-5-7-9-21(33)38-26-19(31)10-11-20(26)32)37-18(12-34-14(2)28)23(35-15(3)29)24(22)36-16(4)30/h17-18,22-24H,5-12H2,1-4H3,(H,25,27). The summed E-state index contributed by atoms with van der Waals surface area (Å²) in [6, 6.07) is -0.883. The molecule has 5 atom stereocenters. The molecule has 1 N–H and O–H groups in total. The Bertz CT molecular complexity index is 919. The van der Waals surface area contributed by atoms with Gasteiger partial charge in [-0.2, -0.15) is 0 Å². The van der Waals surface area contributed by atoms with Crippen LogP contribution in [0.25, 0.3) is 0 Å². The Morgan fingerprint density at radius 1 is 0.842 bits per heavy atom. The summed E-state index contributed by atoms with van der Waals surface area (Å²) in [5.74, 6) is -4.22. The molecule has 0 radical (unpaired) electrons. The van der Waals surface area contributed by atoms with Gasteiger partial charge in [0, 0.05) is 47.0 Å². The van der Waals surface area contributed by atoms with Gasteiger partial charge >= 0.3 is 23.9 Å². The summed E-state index contributed by atoms with van der Waals surface area (Å²) in [5, 5.41) is 3.19. The van der Waals surface area contributed by atoms with Crippen molar-refractivity contribution in [2.75, 3.05) is 6.61 Å². The number of nitrogens with one attached hydrogen (secondary N) is 1. The van der Waals surface area contributed by atoms with Gasteiger partial charge in [0.05, 0.1) is 12.1 Å². The number of nitrogens with zero attached hydrogens (tertiary/aromatic N) is 1. The van der Waals surface area contributed by atoms with Gasteiger partial charge in [0.2, 0.25) is 5.91 Å². The number of hydrogen-bond donors (Lipinski definition) is 1. The minimum atomic E-state index is -1.16. The number of rotatable bonds is 12. The van der Waals surface area contributed by atoms with Crippen LogP contribution >= 0.6 is 0 Å². The zero-order valence-corrected chi connectivity index (χ0v) is 21.9. The van der Waals surface area contributed by atoms with Crippen molar-refractivity contribution in [2.45, 2.75) is 103 Å². The molecule has 5 unspecified atom stereocenters. The maximum atomic E-state index is 12.0. The van der Waals surface area contributed by atoms with Crippen LogP contribution in [0, 0.1) is 0 Å². The highest BCUT2D eigenvalue weighted by atomic mass is 16.7. The van der Waals surface area contributed by atoms with Gasteiger partial charge in [0.1, 0.15) is 12.7 Å². The van der Waals surface area contributed by atoms with Gasteiger partial charge in [-0.1, -0.05) is 12.8 Å². The number of imide groups is 1. The van der Waals surface area contributed by atoms with Crippen molar-refractivity contribution in [1.29, 1.82) is 0 Å². The molecule has 2 rings (SSSR count). The van der Waals surface area contributed by atoms with Crippen molar-refractivity contribution < 1.29 is 57.3 Å². The number of hydrogen-bond acceptors (Lipinski definition) is 12. The first-order valence-corrected chi connectivity index (χ1v) is 12.4. The summed E-state index contributed by atoms with van der Waals surface area (Å²) in [6.07, 6.45) is -2.25. The molecule has 0 aromatic carbocycles. The van der Waals surface area contributed by atoms with Crippen molar-refractivity contribution in [3.63, 3.8) is 0 Å². The molecular weight excluding hydrogens is 508 g/mol. The van der Waals surface area contributed by atoms with Gasteiger partial charge < -0.3 is 29.1 Å². The van der Waals surface area contributed by atoms with Crippen LogP contribution < -0.4 is 5.32 Å². The third-order valence-electron chi connectivity index (χ3n) is 5.79. The maximum Gasteiger partial charge on any atom is 0.333 e. The van der Waals surface area contributed by atoms with Crippen molar-refractivity contribution in [3.05, 3.63) is 0 Å². The Morgan fingerprint density at radius 3 is 2.00 bits per heavy atom. The fraction of sp³-hybridized carbons (Fsp3) is 0.708. The van der Waals surface area contributed by atoms with E-state index in [9.17, 15) is 33.6 Å². The van der Waals surface area contributed by atoms with Crippen molar-refractivity contribution in [1.82, 2.24) is 10.4 Å².